The lowest BCUT2D eigenvalue weighted by Gasteiger charge is -2.14. The van der Waals surface area contributed by atoms with Gasteiger partial charge in [0.2, 0.25) is 0 Å². The third-order valence-electron chi connectivity index (χ3n) is 3.49. The summed E-state index contributed by atoms with van der Waals surface area (Å²) in [5.41, 5.74) is 0.491. The molecule has 0 radical (unpaired) electrons. The molecule has 2 amide bonds. The Kier molecular flexibility index (Phi) is 4.49. The number of carboxylic acids is 1. The molecule has 1 saturated carbocycles. The smallest absolute Gasteiger partial charge is 0.335 e. The third kappa shape index (κ3) is 3.63. The van der Waals surface area contributed by atoms with Gasteiger partial charge in [0.25, 0.3) is 0 Å². The number of carbonyl (C=O) groups is 2. The maximum Gasteiger partial charge on any atom is 0.335 e. The summed E-state index contributed by atoms with van der Waals surface area (Å²) in [4.78, 5) is 22.6. The van der Waals surface area contributed by atoms with Crippen molar-refractivity contribution < 1.29 is 14.7 Å². The highest BCUT2D eigenvalue weighted by molar-refractivity contribution is 6.34. The fourth-order valence-electron chi connectivity index (χ4n) is 2.43. The van der Waals surface area contributed by atoms with E-state index in [0.29, 0.717) is 11.6 Å². The Morgan fingerprint density at radius 1 is 1.35 bits per heavy atom. The normalized spacial score (nSPS) is 21.5. The molecular weight excluding hydrogens is 280 g/mol. The molecule has 0 bridgehead atoms. The molecule has 6 heteroatoms. The lowest BCUT2D eigenvalue weighted by atomic mass is 10.1. The van der Waals surface area contributed by atoms with Crippen molar-refractivity contribution in [3.05, 3.63) is 28.8 Å². The van der Waals surface area contributed by atoms with Crippen molar-refractivity contribution in [1.29, 1.82) is 0 Å². The van der Waals surface area contributed by atoms with E-state index in [-0.39, 0.29) is 22.7 Å². The van der Waals surface area contributed by atoms with Crippen molar-refractivity contribution in [3.8, 4) is 0 Å². The van der Waals surface area contributed by atoms with Crippen LogP contribution in [0, 0.1) is 5.92 Å². The van der Waals surface area contributed by atoms with E-state index >= 15 is 0 Å². The average Bonchev–Trinajstić information content (AvgIpc) is 2.77. The molecule has 1 aliphatic rings. The molecule has 2 atom stereocenters. The number of carbonyl (C=O) groups excluding carboxylic acids is 1. The third-order valence-corrected chi connectivity index (χ3v) is 3.81. The summed E-state index contributed by atoms with van der Waals surface area (Å²) in [5, 5.41) is 14.6. The molecule has 1 aliphatic carbocycles. The fraction of sp³-hybridized carbons (Fsp3) is 0.429. The number of urea groups is 1. The zero-order chi connectivity index (χ0) is 14.7. The van der Waals surface area contributed by atoms with E-state index in [4.69, 9.17) is 16.7 Å². The van der Waals surface area contributed by atoms with Crippen LogP contribution in [-0.4, -0.2) is 23.1 Å². The summed E-state index contributed by atoms with van der Waals surface area (Å²) in [6.45, 7) is 2.17. The maximum absolute atomic E-state index is 11.8. The van der Waals surface area contributed by atoms with Crippen LogP contribution in [0.3, 0.4) is 0 Å². The van der Waals surface area contributed by atoms with E-state index in [1.807, 2.05) is 0 Å². The monoisotopic (exact) mass is 296 g/mol. The molecule has 5 nitrogen and oxygen atoms in total. The number of nitrogens with one attached hydrogen (secondary N) is 2. The van der Waals surface area contributed by atoms with E-state index in [1.54, 1.807) is 0 Å². The second-order valence-electron chi connectivity index (χ2n) is 5.21. The first-order valence-electron chi connectivity index (χ1n) is 6.56. The molecule has 0 spiro atoms. The Balaban J connectivity index is 1.95. The van der Waals surface area contributed by atoms with Crippen LogP contribution < -0.4 is 10.6 Å². The van der Waals surface area contributed by atoms with Gasteiger partial charge in [0, 0.05) is 6.04 Å². The zero-order valence-corrected chi connectivity index (χ0v) is 11.9. The summed E-state index contributed by atoms with van der Waals surface area (Å²) >= 11 is 5.95. The molecule has 0 aromatic heterocycles. The summed E-state index contributed by atoms with van der Waals surface area (Å²) in [5.74, 6) is -0.415. The number of benzene rings is 1. The van der Waals surface area contributed by atoms with Crippen LogP contribution in [0.1, 0.15) is 36.5 Å². The molecule has 20 heavy (non-hydrogen) atoms. The molecule has 108 valence electrons. The fourth-order valence-corrected chi connectivity index (χ4v) is 2.66. The zero-order valence-electron chi connectivity index (χ0n) is 11.1. The van der Waals surface area contributed by atoms with Crippen LogP contribution in [0.2, 0.25) is 5.02 Å². The van der Waals surface area contributed by atoms with Gasteiger partial charge in [0.15, 0.2) is 0 Å². The molecule has 2 unspecified atom stereocenters. The van der Waals surface area contributed by atoms with Crippen molar-refractivity contribution in [2.45, 2.75) is 32.2 Å². The molecule has 1 aromatic rings. The Morgan fingerprint density at radius 2 is 2.10 bits per heavy atom. The molecule has 3 N–H and O–H groups in total. The summed E-state index contributed by atoms with van der Waals surface area (Å²) in [7, 11) is 0. The van der Waals surface area contributed by atoms with Gasteiger partial charge in [-0.05, 0) is 43.4 Å². The van der Waals surface area contributed by atoms with E-state index in [0.717, 1.165) is 19.3 Å². The minimum absolute atomic E-state index is 0.0885. The summed E-state index contributed by atoms with van der Waals surface area (Å²) in [6.07, 6.45) is 3.10. The Bertz CT molecular complexity index is 533. The molecule has 2 rings (SSSR count). The molecule has 1 fully saturated rings. The summed E-state index contributed by atoms with van der Waals surface area (Å²) in [6, 6.07) is 4.09. The Morgan fingerprint density at radius 3 is 2.65 bits per heavy atom. The van der Waals surface area contributed by atoms with E-state index in [9.17, 15) is 9.59 Å². The van der Waals surface area contributed by atoms with Gasteiger partial charge < -0.3 is 15.7 Å². The standard InChI is InChI=1S/C14H17ClN2O3/c1-8-2-4-10(6-8)16-14(20)17-12-5-3-9(13(18)19)7-11(12)15/h3,5,7-8,10H,2,4,6H2,1H3,(H,18,19)(H2,16,17,20). The average molecular weight is 297 g/mol. The Labute approximate surface area is 122 Å². The van der Waals surface area contributed by atoms with Crippen LogP contribution in [0.15, 0.2) is 18.2 Å². The number of amides is 2. The highest BCUT2D eigenvalue weighted by Gasteiger charge is 2.22. The minimum atomic E-state index is -1.05. The predicted octanol–water partition coefficient (Wildman–Crippen LogP) is 3.35. The number of hydrogen-bond acceptors (Lipinski definition) is 2. The lowest BCUT2D eigenvalue weighted by molar-refractivity contribution is 0.0697. The number of rotatable bonds is 3. The predicted molar refractivity (Wildman–Crippen MR) is 77.4 cm³/mol. The van der Waals surface area contributed by atoms with Crippen LogP contribution in [0.4, 0.5) is 10.5 Å². The highest BCUT2D eigenvalue weighted by atomic mass is 35.5. The van der Waals surface area contributed by atoms with Crippen molar-refractivity contribution in [2.24, 2.45) is 5.92 Å². The van der Waals surface area contributed by atoms with Gasteiger partial charge in [-0.25, -0.2) is 9.59 Å². The molecule has 0 heterocycles. The number of hydrogen-bond donors (Lipinski definition) is 3. The van der Waals surface area contributed by atoms with Gasteiger partial charge in [-0.1, -0.05) is 18.5 Å². The van der Waals surface area contributed by atoms with Crippen molar-refractivity contribution in [1.82, 2.24) is 5.32 Å². The second-order valence-corrected chi connectivity index (χ2v) is 5.62. The number of halogens is 1. The van der Waals surface area contributed by atoms with E-state index in [1.165, 1.54) is 18.2 Å². The van der Waals surface area contributed by atoms with Gasteiger partial charge in [-0.2, -0.15) is 0 Å². The van der Waals surface area contributed by atoms with Gasteiger partial charge in [0.05, 0.1) is 16.3 Å². The molecule has 1 aromatic carbocycles. The first kappa shape index (κ1) is 14.7. The van der Waals surface area contributed by atoms with Gasteiger partial charge in [0.1, 0.15) is 0 Å². The van der Waals surface area contributed by atoms with Crippen LogP contribution in [-0.2, 0) is 0 Å². The molecular formula is C14H17ClN2O3. The maximum atomic E-state index is 11.8. The topological polar surface area (TPSA) is 78.4 Å². The van der Waals surface area contributed by atoms with Crippen LogP contribution in [0.5, 0.6) is 0 Å². The lowest BCUT2D eigenvalue weighted by Crippen LogP contribution is -2.36. The second kappa shape index (κ2) is 6.13. The minimum Gasteiger partial charge on any atom is -0.478 e. The Hall–Kier alpha value is -1.75. The number of aromatic carboxylic acids is 1. The molecule has 0 saturated heterocycles. The van der Waals surface area contributed by atoms with Crippen LogP contribution >= 0.6 is 11.6 Å². The number of anilines is 1. The summed E-state index contributed by atoms with van der Waals surface area (Å²) < 4.78 is 0. The van der Waals surface area contributed by atoms with Gasteiger partial charge >= 0.3 is 12.0 Å². The van der Waals surface area contributed by atoms with E-state index < -0.39 is 5.97 Å². The largest absolute Gasteiger partial charge is 0.478 e. The quantitative estimate of drug-likeness (QED) is 0.800. The van der Waals surface area contributed by atoms with E-state index in [2.05, 4.69) is 17.6 Å². The van der Waals surface area contributed by atoms with Gasteiger partial charge in [-0.15, -0.1) is 0 Å². The van der Waals surface area contributed by atoms with Crippen LogP contribution in [0.25, 0.3) is 0 Å². The highest BCUT2D eigenvalue weighted by Crippen LogP contribution is 2.25. The van der Waals surface area contributed by atoms with Crippen molar-refractivity contribution in [2.75, 3.05) is 5.32 Å². The number of carboxylic acid groups (broad SMARTS) is 1. The first-order valence-corrected chi connectivity index (χ1v) is 6.94. The molecule has 0 aliphatic heterocycles. The van der Waals surface area contributed by atoms with Gasteiger partial charge in [-0.3, -0.25) is 0 Å². The first-order chi connectivity index (χ1) is 9.45. The van der Waals surface area contributed by atoms with Crippen molar-refractivity contribution in [3.63, 3.8) is 0 Å². The van der Waals surface area contributed by atoms with Crippen molar-refractivity contribution >= 4 is 29.3 Å². The SMILES string of the molecule is CC1CCC(NC(=O)Nc2ccc(C(=O)O)cc2Cl)C1.